The van der Waals surface area contributed by atoms with Crippen LogP contribution in [0.1, 0.15) is 32.9 Å². The van der Waals surface area contributed by atoms with E-state index in [4.69, 9.17) is 14.0 Å². The predicted molar refractivity (Wildman–Crippen MR) is 114 cm³/mol. The lowest BCUT2D eigenvalue weighted by Crippen LogP contribution is -2.11. The molecule has 1 heterocycles. The van der Waals surface area contributed by atoms with E-state index >= 15 is 0 Å². The third-order valence-electron chi connectivity index (χ3n) is 4.60. The van der Waals surface area contributed by atoms with Crippen molar-refractivity contribution in [1.29, 1.82) is 0 Å². The van der Waals surface area contributed by atoms with E-state index in [1.54, 1.807) is 43.5 Å². The maximum Gasteiger partial charge on any atom is 0.337 e. The second kappa shape index (κ2) is 9.62. The van der Waals surface area contributed by atoms with E-state index in [2.05, 4.69) is 10.5 Å². The molecule has 31 heavy (non-hydrogen) atoms. The Hall–Kier alpha value is -4.07. The predicted octanol–water partition coefficient (Wildman–Crippen LogP) is 4.23. The topological polar surface area (TPSA) is 111 Å². The minimum Gasteiger partial charge on any atom is -0.497 e. The summed E-state index contributed by atoms with van der Waals surface area (Å²) >= 11 is 0. The van der Waals surface area contributed by atoms with Gasteiger partial charge < -0.3 is 24.4 Å². The van der Waals surface area contributed by atoms with Crippen molar-refractivity contribution in [2.45, 2.75) is 20.5 Å². The lowest BCUT2D eigenvalue weighted by Gasteiger charge is -2.11. The number of hydrogen-bond acceptors (Lipinski definition) is 6. The van der Waals surface area contributed by atoms with Crippen LogP contribution in [0.15, 0.2) is 53.1 Å². The zero-order chi connectivity index (χ0) is 22.4. The number of methoxy groups -OCH3 is 1. The Morgan fingerprint density at radius 3 is 2.65 bits per heavy atom. The molecule has 0 aliphatic carbocycles. The average Bonchev–Trinajstić information content (AvgIpc) is 3.08. The van der Waals surface area contributed by atoms with Crippen LogP contribution in [0.5, 0.6) is 11.5 Å². The first kappa shape index (κ1) is 21.6. The largest absolute Gasteiger partial charge is 0.497 e. The fourth-order valence-electron chi connectivity index (χ4n) is 2.88. The molecule has 3 rings (SSSR count). The maximum atomic E-state index is 12.4. The van der Waals surface area contributed by atoms with E-state index in [-0.39, 0.29) is 17.9 Å². The number of nitrogens with zero attached hydrogens (tertiary/aromatic N) is 1. The van der Waals surface area contributed by atoms with E-state index in [1.807, 2.05) is 13.8 Å². The van der Waals surface area contributed by atoms with E-state index < -0.39 is 11.9 Å². The molecule has 0 saturated heterocycles. The van der Waals surface area contributed by atoms with Crippen molar-refractivity contribution in [3.8, 4) is 11.5 Å². The van der Waals surface area contributed by atoms with Crippen molar-refractivity contribution in [3.05, 3.63) is 76.7 Å². The standard InChI is InChI=1S/C23H22N2O6/c1-14-19(15(2)31-25-14)13-30-21-12-17(29-3)10-8-16(21)9-11-22(26)24-20-7-5-4-6-18(20)23(27)28/h4-12H,13H2,1-3H3,(H,24,26)(H,27,28). The third kappa shape index (κ3) is 5.30. The van der Waals surface area contributed by atoms with Crippen LogP contribution in [0.4, 0.5) is 5.69 Å². The number of aromatic nitrogens is 1. The summed E-state index contributed by atoms with van der Waals surface area (Å²) in [5.74, 6) is 0.195. The van der Waals surface area contributed by atoms with Gasteiger partial charge in [-0.1, -0.05) is 17.3 Å². The van der Waals surface area contributed by atoms with Gasteiger partial charge in [-0.15, -0.1) is 0 Å². The summed E-state index contributed by atoms with van der Waals surface area (Å²) < 4.78 is 16.4. The first-order valence-corrected chi connectivity index (χ1v) is 9.43. The lowest BCUT2D eigenvalue weighted by molar-refractivity contribution is -0.111. The highest BCUT2D eigenvalue weighted by molar-refractivity contribution is 6.06. The number of anilines is 1. The zero-order valence-corrected chi connectivity index (χ0v) is 17.3. The average molecular weight is 422 g/mol. The first-order chi connectivity index (χ1) is 14.9. The number of para-hydroxylation sites is 1. The minimum atomic E-state index is -1.12. The van der Waals surface area contributed by atoms with Crippen LogP contribution < -0.4 is 14.8 Å². The van der Waals surface area contributed by atoms with Gasteiger partial charge in [-0.2, -0.15) is 0 Å². The van der Waals surface area contributed by atoms with Crippen LogP contribution >= 0.6 is 0 Å². The molecule has 8 nitrogen and oxygen atoms in total. The van der Waals surface area contributed by atoms with Gasteiger partial charge in [-0.05, 0) is 44.2 Å². The number of carboxylic acid groups (broad SMARTS) is 1. The van der Waals surface area contributed by atoms with E-state index in [0.717, 1.165) is 11.3 Å². The zero-order valence-electron chi connectivity index (χ0n) is 17.3. The number of carbonyl (C=O) groups excluding carboxylic acids is 1. The van der Waals surface area contributed by atoms with Gasteiger partial charge in [0.25, 0.3) is 0 Å². The molecule has 0 atom stereocenters. The van der Waals surface area contributed by atoms with Crippen LogP contribution in [-0.4, -0.2) is 29.2 Å². The highest BCUT2D eigenvalue weighted by Crippen LogP contribution is 2.28. The molecular formula is C23H22N2O6. The van der Waals surface area contributed by atoms with Crippen molar-refractivity contribution in [2.75, 3.05) is 12.4 Å². The van der Waals surface area contributed by atoms with Gasteiger partial charge in [0.1, 0.15) is 23.9 Å². The number of carboxylic acids is 1. The van der Waals surface area contributed by atoms with Gasteiger partial charge in [0.15, 0.2) is 0 Å². The van der Waals surface area contributed by atoms with Gasteiger partial charge in [0.05, 0.1) is 29.6 Å². The second-order valence-electron chi connectivity index (χ2n) is 6.67. The summed E-state index contributed by atoms with van der Waals surface area (Å²) in [6, 6.07) is 11.4. The SMILES string of the molecule is COc1ccc(C=CC(=O)Nc2ccccc2C(=O)O)c(OCc2c(C)noc2C)c1. The molecule has 1 aromatic heterocycles. The van der Waals surface area contributed by atoms with Gasteiger partial charge >= 0.3 is 5.97 Å². The van der Waals surface area contributed by atoms with Gasteiger partial charge in [0, 0.05) is 17.7 Å². The molecule has 0 unspecified atom stereocenters. The molecule has 0 spiro atoms. The van der Waals surface area contributed by atoms with E-state index in [1.165, 1.54) is 18.2 Å². The molecule has 3 aromatic rings. The summed E-state index contributed by atoms with van der Waals surface area (Å²) in [7, 11) is 1.55. The molecule has 160 valence electrons. The molecule has 2 N–H and O–H groups in total. The Morgan fingerprint density at radius 2 is 1.97 bits per heavy atom. The van der Waals surface area contributed by atoms with Crippen LogP contribution in [-0.2, 0) is 11.4 Å². The van der Waals surface area contributed by atoms with Crippen molar-refractivity contribution in [3.63, 3.8) is 0 Å². The summed E-state index contributed by atoms with van der Waals surface area (Å²) in [5, 5.41) is 15.7. The number of rotatable bonds is 8. The maximum absolute atomic E-state index is 12.4. The Balaban J connectivity index is 1.78. The number of hydrogen-bond donors (Lipinski definition) is 2. The molecule has 0 aliphatic heterocycles. The van der Waals surface area contributed by atoms with Gasteiger partial charge in [-0.25, -0.2) is 4.79 Å². The molecule has 0 aliphatic rings. The fourth-order valence-corrected chi connectivity index (χ4v) is 2.88. The van der Waals surface area contributed by atoms with Crippen molar-refractivity contribution >= 4 is 23.6 Å². The summed E-state index contributed by atoms with van der Waals surface area (Å²) in [6.45, 7) is 3.89. The number of ether oxygens (including phenoxy) is 2. The second-order valence-corrected chi connectivity index (χ2v) is 6.67. The number of aromatic carboxylic acids is 1. The van der Waals surface area contributed by atoms with E-state index in [9.17, 15) is 14.7 Å². The van der Waals surface area contributed by atoms with Gasteiger partial charge in [-0.3, -0.25) is 4.79 Å². The Kier molecular flexibility index (Phi) is 6.71. The van der Waals surface area contributed by atoms with Crippen molar-refractivity contribution < 1.29 is 28.7 Å². The smallest absolute Gasteiger partial charge is 0.337 e. The molecule has 0 radical (unpaired) electrons. The van der Waals surface area contributed by atoms with Crippen LogP contribution in [0.3, 0.4) is 0 Å². The molecule has 2 aromatic carbocycles. The highest BCUT2D eigenvalue weighted by atomic mass is 16.5. The van der Waals surface area contributed by atoms with Crippen molar-refractivity contribution in [1.82, 2.24) is 5.16 Å². The number of aryl methyl sites for hydroxylation is 2. The minimum absolute atomic E-state index is 0.0113. The quantitative estimate of drug-likeness (QED) is 0.523. The number of benzene rings is 2. The third-order valence-corrected chi connectivity index (χ3v) is 4.60. The Bertz CT molecular complexity index is 1110. The lowest BCUT2D eigenvalue weighted by atomic mass is 10.1. The summed E-state index contributed by atoms with van der Waals surface area (Å²) in [6.07, 6.45) is 2.89. The Morgan fingerprint density at radius 1 is 1.19 bits per heavy atom. The first-order valence-electron chi connectivity index (χ1n) is 9.43. The molecule has 1 amide bonds. The van der Waals surface area contributed by atoms with Crippen LogP contribution in [0, 0.1) is 13.8 Å². The van der Waals surface area contributed by atoms with Gasteiger partial charge in [0.2, 0.25) is 5.91 Å². The summed E-state index contributed by atoms with van der Waals surface area (Å²) in [5.41, 5.74) is 2.47. The normalized spacial score (nSPS) is 10.8. The molecule has 0 saturated carbocycles. The number of carbonyl (C=O) groups is 2. The highest BCUT2D eigenvalue weighted by Gasteiger charge is 2.13. The fraction of sp³-hybridized carbons (Fsp3) is 0.174. The van der Waals surface area contributed by atoms with Crippen molar-refractivity contribution in [2.24, 2.45) is 0 Å². The Labute approximate surface area is 179 Å². The summed E-state index contributed by atoms with van der Waals surface area (Å²) in [4.78, 5) is 23.6. The van der Waals surface area contributed by atoms with E-state index in [0.29, 0.717) is 22.8 Å². The molecular weight excluding hydrogens is 400 g/mol. The number of amides is 1. The molecule has 8 heteroatoms. The monoisotopic (exact) mass is 422 g/mol. The van der Waals surface area contributed by atoms with Crippen LogP contribution in [0.25, 0.3) is 6.08 Å². The van der Waals surface area contributed by atoms with Crippen LogP contribution in [0.2, 0.25) is 0 Å². The number of nitrogens with one attached hydrogen (secondary N) is 1. The molecule has 0 bridgehead atoms. The molecule has 0 fully saturated rings.